The number of nitrogens with one attached hydrogen (secondary N) is 1. The molecule has 11 heteroatoms. The van der Waals surface area contributed by atoms with Gasteiger partial charge in [0, 0.05) is 22.9 Å². The molecule has 0 atom stereocenters. The highest BCUT2D eigenvalue weighted by atomic mass is 32.1. The van der Waals surface area contributed by atoms with Gasteiger partial charge in [-0.25, -0.2) is 14.7 Å². The first kappa shape index (κ1) is 20.3. The lowest BCUT2D eigenvalue weighted by molar-refractivity contribution is -0.0278. The van der Waals surface area contributed by atoms with Crippen molar-refractivity contribution in [2.45, 2.75) is 26.4 Å². The number of hydrogen-bond donors (Lipinski definition) is 1. The fourth-order valence-electron chi connectivity index (χ4n) is 2.09. The summed E-state index contributed by atoms with van der Waals surface area (Å²) in [5.41, 5.74) is 8.67. The summed E-state index contributed by atoms with van der Waals surface area (Å²) in [6.07, 6.45) is 3.50. The Hall–Kier alpha value is -3.01. The number of carbonyl (C=O) groups is 1. The second-order valence-corrected chi connectivity index (χ2v) is 6.96. The summed E-state index contributed by atoms with van der Waals surface area (Å²) in [6.45, 7) is 4.94. The van der Waals surface area contributed by atoms with Gasteiger partial charge in [-0.3, -0.25) is 10.4 Å². The molecular weight excluding hydrogens is 370 g/mol. The number of carbonyl (C=O) groups excluding carboxylic acids is 1. The van der Waals surface area contributed by atoms with Crippen molar-refractivity contribution in [2.75, 3.05) is 18.2 Å². The van der Waals surface area contributed by atoms with Gasteiger partial charge in [-0.15, -0.1) is 0 Å². The summed E-state index contributed by atoms with van der Waals surface area (Å²) in [5, 5.41) is 12.0. The van der Waals surface area contributed by atoms with Crippen molar-refractivity contribution in [3.8, 4) is 10.6 Å². The predicted octanol–water partition coefficient (Wildman–Crippen LogP) is 4.13. The van der Waals surface area contributed by atoms with E-state index < -0.39 is 11.7 Å². The molecule has 0 unspecified atom stereocenters. The molecule has 2 rings (SSSR count). The van der Waals surface area contributed by atoms with Gasteiger partial charge in [0.1, 0.15) is 22.3 Å². The molecule has 0 saturated heterocycles. The molecule has 0 aliphatic rings. The van der Waals surface area contributed by atoms with Gasteiger partial charge in [-0.05, 0) is 38.4 Å². The van der Waals surface area contributed by atoms with Crippen LogP contribution in [0.25, 0.3) is 21.0 Å². The molecule has 2 aromatic rings. The molecule has 0 aliphatic carbocycles. The Balaban J connectivity index is 2.14. The first-order valence-corrected chi connectivity index (χ1v) is 8.69. The molecule has 1 N–H and O–H groups in total. The topological polar surface area (TPSA) is 137 Å². The summed E-state index contributed by atoms with van der Waals surface area (Å²) in [7, 11) is 0. The maximum Gasteiger partial charge on any atom is 0.421 e. The van der Waals surface area contributed by atoms with Gasteiger partial charge < -0.3 is 9.47 Å². The van der Waals surface area contributed by atoms with E-state index in [2.05, 4.69) is 20.0 Å². The number of pyridine rings is 1. The van der Waals surface area contributed by atoms with Crippen molar-refractivity contribution in [1.29, 1.82) is 5.41 Å². The largest absolute Gasteiger partial charge is 0.440 e. The van der Waals surface area contributed by atoms with Crippen LogP contribution >= 0.6 is 11.3 Å². The van der Waals surface area contributed by atoms with Crippen molar-refractivity contribution >= 4 is 28.8 Å². The van der Waals surface area contributed by atoms with Crippen LogP contribution < -0.4 is 4.90 Å². The maximum atomic E-state index is 12.6. The normalized spacial score (nSPS) is 10.8. The number of amides is 1. The zero-order chi connectivity index (χ0) is 19.9. The maximum absolute atomic E-state index is 12.6. The Kier molecular flexibility index (Phi) is 6.83. The average Bonchev–Trinajstić information content (AvgIpc) is 3.01. The van der Waals surface area contributed by atoms with Crippen molar-refractivity contribution in [3.05, 3.63) is 40.7 Å². The summed E-state index contributed by atoms with van der Waals surface area (Å²) in [6, 6.07) is 3.67. The summed E-state index contributed by atoms with van der Waals surface area (Å²) >= 11 is 1.26. The van der Waals surface area contributed by atoms with Crippen LogP contribution in [-0.2, 0) is 9.47 Å². The third-order valence-corrected chi connectivity index (χ3v) is 4.46. The number of rotatable bonds is 8. The van der Waals surface area contributed by atoms with E-state index in [1.807, 2.05) is 6.07 Å². The fourth-order valence-corrected chi connectivity index (χ4v) is 3.12. The predicted molar refractivity (Wildman–Crippen MR) is 102 cm³/mol. The monoisotopic (exact) mass is 389 g/mol. The van der Waals surface area contributed by atoms with Gasteiger partial charge in [0.15, 0.2) is 0 Å². The highest BCUT2D eigenvalue weighted by molar-refractivity contribution is 7.19. The summed E-state index contributed by atoms with van der Waals surface area (Å²) in [4.78, 5) is 24.7. The number of hydrogen-bond acceptors (Lipinski definition) is 8. The van der Waals surface area contributed by atoms with Crippen LogP contribution in [0, 0.1) is 12.3 Å². The Morgan fingerprint density at radius 3 is 2.96 bits per heavy atom. The van der Waals surface area contributed by atoms with E-state index >= 15 is 0 Å². The summed E-state index contributed by atoms with van der Waals surface area (Å²) in [5.74, 6) is 0. The van der Waals surface area contributed by atoms with Gasteiger partial charge in [-0.1, -0.05) is 16.5 Å². The van der Waals surface area contributed by atoms with Gasteiger partial charge in [0.05, 0.1) is 18.6 Å². The molecule has 0 saturated carbocycles. The molecule has 0 fully saturated rings. The molecule has 10 nitrogen and oxygen atoms in total. The number of thiazole rings is 1. The lowest BCUT2D eigenvalue weighted by Crippen LogP contribution is -2.40. The molecule has 0 spiro atoms. The number of ether oxygens (including phenoxy) is 2. The number of azide groups is 1. The second-order valence-electron chi connectivity index (χ2n) is 5.99. The standard InChI is InChI=1S/C16H19N7O3S/c1-11-14(27-13(21-11)12-5-4-6-19-7-12)23(9-17)15(24)26-16(2,3)8-25-10-20-22-18/h4-7,9,17H,8,10H2,1-3H3. The van der Waals surface area contributed by atoms with Crippen LogP contribution in [0.15, 0.2) is 29.6 Å². The minimum Gasteiger partial charge on any atom is -0.440 e. The minimum atomic E-state index is -0.978. The van der Waals surface area contributed by atoms with Crippen LogP contribution in [0.5, 0.6) is 0 Å². The Morgan fingerprint density at radius 2 is 2.33 bits per heavy atom. The Labute approximate surface area is 159 Å². The quantitative estimate of drug-likeness (QED) is 0.181. The molecule has 2 aromatic heterocycles. The number of aryl methyl sites for hydroxylation is 1. The zero-order valence-electron chi connectivity index (χ0n) is 15.1. The fraction of sp³-hybridized carbons (Fsp3) is 0.375. The first-order chi connectivity index (χ1) is 12.9. The lowest BCUT2D eigenvalue weighted by Gasteiger charge is -2.27. The van der Waals surface area contributed by atoms with E-state index in [1.165, 1.54) is 11.3 Å². The van der Waals surface area contributed by atoms with Crippen LogP contribution in [0.3, 0.4) is 0 Å². The molecule has 0 aromatic carbocycles. The highest BCUT2D eigenvalue weighted by Crippen LogP contribution is 2.34. The summed E-state index contributed by atoms with van der Waals surface area (Å²) < 4.78 is 10.6. The Bertz CT molecular complexity index is 847. The number of aromatic nitrogens is 2. The molecule has 2 heterocycles. The van der Waals surface area contributed by atoms with Crippen LogP contribution in [0.4, 0.5) is 9.80 Å². The highest BCUT2D eigenvalue weighted by Gasteiger charge is 2.29. The minimum absolute atomic E-state index is 0.0339. The molecule has 142 valence electrons. The van der Waals surface area contributed by atoms with E-state index in [0.717, 1.165) is 16.8 Å². The molecule has 1 amide bonds. The van der Waals surface area contributed by atoms with Gasteiger partial charge in [0.25, 0.3) is 0 Å². The van der Waals surface area contributed by atoms with Crippen molar-refractivity contribution < 1.29 is 14.3 Å². The Morgan fingerprint density at radius 1 is 1.56 bits per heavy atom. The molecular formula is C16H19N7O3S. The third kappa shape index (κ3) is 5.48. The molecule has 27 heavy (non-hydrogen) atoms. The van der Waals surface area contributed by atoms with E-state index in [9.17, 15) is 4.79 Å². The number of anilines is 1. The second kappa shape index (κ2) is 9.08. The van der Waals surface area contributed by atoms with Crippen molar-refractivity contribution in [2.24, 2.45) is 5.11 Å². The van der Waals surface area contributed by atoms with Gasteiger partial charge >= 0.3 is 6.09 Å². The zero-order valence-corrected chi connectivity index (χ0v) is 15.9. The molecule has 0 aliphatic heterocycles. The van der Waals surface area contributed by atoms with Gasteiger partial charge in [0.2, 0.25) is 0 Å². The van der Waals surface area contributed by atoms with Crippen LogP contribution in [-0.4, -0.2) is 41.3 Å². The lowest BCUT2D eigenvalue weighted by atomic mass is 10.1. The smallest absolute Gasteiger partial charge is 0.421 e. The first-order valence-electron chi connectivity index (χ1n) is 7.87. The van der Waals surface area contributed by atoms with E-state index in [4.69, 9.17) is 20.4 Å². The van der Waals surface area contributed by atoms with Crippen LogP contribution in [0.2, 0.25) is 0 Å². The molecule has 0 radical (unpaired) electrons. The van der Waals surface area contributed by atoms with E-state index in [0.29, 0.717) is 15.7 Å². The third-order valence-electron chi connectivity index (χ3n) is 3.25. The van der Waals surface area contributed by atoms with Crippen molar-refractivity contribution in [1.82, 2.24) is 9.97 Å². The van der Waals surface area contributed by atoms with Gasteiger partial charge in [-0.2, -0.15) is 0 Å². The van der Waals surface area contributed by atoms with Crippen molar-refractivity contribution in [3.63, 3.8) is 0 Å². The average molecular weight is 389 g/mol. The van der Waals surface area contributed by atoms with E-state index in [-0.39, 0.29) is 13.3 Å². The molecule has 0 bridgehead atoms. The van der Waals surface area contributed by atoms with Crippen LogP contribution in [0.1, 0.15) is 19.5 Å². The SMILES string of the molecule is Cc1nc(-c2cccnc2)sc1N(C=N)C(=O)OC(C)(C)COCN=[N+]=[N-]. The van der Waals surface area contributed by atoms with E-state index in [1.54, 1.807) is 39.2 Å². The number of nitrogens with zero attached hydrogens (tertiary/aromatic N) is 6.